The summed E-state index contributed by atoms with van der Waals surface area (Å²) in [6.45, 7) is 3.97. The SMILES string of the molecule is Cl.NCC1CCN(Cc2csc(Cl)c2Cl)CC1. The van der Waals surface area contributed by atoms with Crippen molar-refractivity contribution in [3.63, 3.8) is 0 Å². The third kappa shape index (κ3) is 3.98. The molecule has 1 saturated heterocycles. The topological polar surface area (TPSA) is 29.3 Å². The molecule has 17 heavy (non-hydrogen) atoms. The van der Waals surface area contributed by atoms with Crippen LogP contribution in [0.1, 0.15) is 18.4 Å². The summed E-state index contributed by atoms with van der Waals surface area (Å²) < 4.78 is 0.702. The molecule has 2 heterocycles. The van der Waals surface area contributed by atoms with Crippen molar-refractivity contribution in [3.05, 3.63) is 20.3 Å². The molecule has 0 spiro atoms. The molecule has 1 aromatic heterocycles. The molecular weight excluding hydrogens is 299 g/mol. The Morgan fingerprint density at radius 2 is 2.00 bits per heavy atom. The molecule has 2 N–H and O–H groups in total. The molecule has 0 amide bonds. The standard InChI is InChI=1S/C11H16Cl2N2S.ClH/c12-10-9(7-16-11(10)13)6-15-3-1-8(5-14)2-4-15;/h7-8H,1-6,14H2;1H. The fourth-order valence-corrected chi connectivity index (χ4v) is 3.32. The summed E-state index contributed by atoms with van der Waals surface area (Å²) in [5.74, 6) is 0.706. The Kier molecular flexibility index (Phi) is 6.56. The molecule has 1 aromatic rings. The summed E-state index contributed by atoms with van der Waals surface area (Å²) in [6.07, 6.45) is 2.40. The van der Waals surface area contributed by atoms with E-state index in [-0.39, 0.29) is 12.4 Å². The van der Waals surface area contributed by atoms with Crippen molar-refractivity contribution in [3.8, 4) is 0 Å². The molecule has 1 aliphatic rings. The summed E-state index contributed by atoms with van der Waals surface area (Å²) in [6, 6.07) is 0. The van der Waals surface area contributed by atoms with Gasteiger partial charge in [-0.25, -0.2) is 0 Å². The largest absolute Gasteiger partial charge is 0.330 e. The predicted molar refractivity (Wildman–Crippen MR) is 78.6 cm³/mol. The van der Waals surface area contributed by atoms with E-state index in [1.54, 1.807) is 0 Å². The molecule has 1 fully saturated rings. The number of halogens is 3. The van der Waals surface area contributed by atoms with Crippen molar-refractivity contribution in [2.75, 3.05) is 19.6 Å². The molecule has 2 rings (SSSR count). The quantitative estimate of drug-likeness (QED) is 0.922. The van der Waals surface area contributed by atoms with E-state index in [1.807, 2.05) is 0 Å². The van der Waals surface area contributed by atoms with Gasteiger partial charge in [-0.3, -0.25) is 4.90 Å². The average molecular weight is 316 g/mol. The third-order valence-electron chi connectivity index (χ3n) is 3.19. The zero-order chi connectivity index (χ0) is 11.5. The van der Waals surface area contributed by atoms with Gasteiger partial charge in [0.15, 0.2) is 0 Å². The number of nitrogens with two attached hydrogens (primary N) is 1. The molecular formula is C11H17Cl3N2S. The molecule has 0 bridgehead atoms. The average Bonchev–Trinajstić information content (AvgIpc) is 2.62. The Labute approximate surface area is 122 Å². The molecule has 2 nitrogen and oxygen atoms in total. The van der Waals surface area contributed by atoms with Crippen LogP contribution < -0.4 is 5.73 Å². The van der Waals surface area contributed by atoms with Crippen molar-refractivity contribution in [2.24, 2.45) is 11.7 Å². The van der Waals surface area contributed by atoms with Gasteiger partial charge in [0, 0.05) is 6.54 Å². The fraction of sp³-hybridized carbons (Fsp3) is 0.636. The highest BCUT2D eigenvalue weighted by Crippen LogP contribution is 2.33. The highest BCUT2D eigenvalue weighted by molar-refractivity contribution is 7.15. The second kappa shape index (κ2) is 7.17. The van der Waals surface area contributed by atoms with Crippen LogP contribution in [0.2, 0.25) is 9.36 Å². The smallest absolute Gasteiger partial charge is 0.112 e. The summed E-state index contributed by atoms with van der Waals surface area (Å²) in [7, 11) is 0. The lowest BCUT2D eigenvalue weighted by Crippen LogP contribution is -2.35. The molecule has 1 aliphatic heterocycles. The Hall–Kier alpha value is 0.490. The van der Waals surface area contributed by atoms with E-state index in [1.165, 1.54) is 24.2 Å². The first kappa shape index (κ1) is 15.5. The number of thiophene rings is 1. The van der Waals surface area contributed by atoms with Gasteiger partial charge in [-0.1, -0.05) is 23.2 Å². The van der Waals surface area contributed by atoms with Crippen LogP contribution in [0.5, 0.6) is 0 Å². The van der Waals surface area contributed by atoms with E-state index < -0.39 is 0 Å². The second-order valence-electron chi connectivity index (χ2n) is 4.30. The maximum absolute atomic E-state index is 6.12. The van der Waals surface area contributed by atoms with Gasteiger partial charge in [-0.2, -0.15) is 0 Å². The second-order valence-corrected chi connectivity index (χ2v) is 6.16. The minimum absolute atomic E-state index is 0. The van der Waals surface area contributed by atoms with Gasteiger partial charge >= 0.3 is 0 Å². The number of nitrogens with zero attached hydrogens (tertiary/aromatic N) is 1. The van der Waals surface area contributed by atoms with Crippen LogP contribution >= 0.6 is 46.9 Å². The van der Waals surface area contributed by atoms with E-state index in [0.29, 0.717) is 10.3 Å². The van der Waals surface area contributed by atoms with Gasteiger partial charge in [0.1, 0.15) is 4.34 Å². The van der Waals surface area contributed by atoms with Gasteiger partial charge in [-0.05, 0) is 49.3 Å². The van der Waals surface area contributed by atoms with E-state index in [9.17, 15) is 0 Å². The number of piperidine rings is 1. The van der Waals surface area contributed by atoms with Crippen LogP contribution in [0.3, 0.4) is 0 Å². The molecule has 0 radical (unpaired) electrons. The van der Waals surface area contributed by atoms with Crippen LogP contribution in [0.4, 0.5) is 0 Å². The van der Waals surface area contributed by atoms with Gasteiger partial charge in [-0.15, -0.1) is 23.7 Å². The van der Waals surface area contributed by atoms with E-state index in [2.05, 4.69) is 10.3 Å². The number of rotatable bonds is 3. The molecule has 0 saturated carbocycles. The zero-order valence-electron chi connectivity index (χ0n) is 9.49. The Morgan fingerprint density at radius 3 is 2.47 bits per heavy atom. The monoisotopic (exact) mass is 314 g/mol. The maximum atomic E-state index is 6.12. The summed E-state index contributed by atoms with van der Waals surface area (Å²) in [4.78, 5) is 2.43. The van der Waals surface area contributed by atoms with Gasteiger partial charge in [0.05, 0.1) is 5.02 Å². The van der Waals surface area contributed by atoms with Crippen molar-refractivity contribution >= 4 is 46.9 Å². The first-order valence-corrected chi connectivity index (χ1v) is 7.18. The molecule has 0 unspecified atom stereocenters. The fourth-order valence-electron chi connectivity index (χ4n) is 2.08. The van der Waals surface area contributed by atoms with Gasteiger partial charge in [0.25, 0.3) is 0 Å². The summed E-state index contributed by atoms with van der Waals surface area (Å²) in [5, 5.41) is 2.78. The van der Waals surface area contributed by atoms with Gasteiger partial charge in [0.2, 0.25) is 0 Å². The highest BCUT2D eigenvalue weighted by atomic mass is 35.5. The van der Waals surface area contributed by atoms with Crippen molar-refractivity contribution < 1.29 is 0 Å². The minimum atomic E-state index is 0. The van der Waals surface area contributed by atoms with E-state index in [4.69, 9.17) is 28.9 Å². The molecule has 6 heteroatoms. The summed E-state index contributed by atoms with van der Waals surface area (Å²) >= 11 is 13.6. The van der Waals surface area contributed by atoms with Crippen LogP contribution in [-0.2, 0) is 6.54 Å². The van der Waals surface area contributed by atoms with E-state index in [0.717, 1.165) is 36.8 Å². The normalized spacial score (nSPS) is 18.1. The van der Waals surface area contributed by atoms with Crippen molar-refractivity contribution in [1.29, 1.82) is 0 Å². The number of hydrogen-bond donors (Lipinski definition) is 1. The molecule has 0 aliphatic carbocycles. The Morgan fingerprint density at radius 1 is 1.35 bits per heavy atom. The van der Waals surface area contributed by atoms with E-state index >= 15 is 0 Å². The van der Waals surface area contributed by atoms with Crippen LogP contribution in [0.25, 0.3) is 0 Å². The van der Waals surface area contributed by atoms with Crippen molar-refractivity contribution in [1.82, 2.24) is 4.90 Å². The maximum Gasteiger partial charge on any atom is 0.112 e. The zero-order valence-corrected chi connectivity index (χ0v) is 12.6. The Bertz CT molecular complexity index is 348. The predicted octanol–water partition coefficient (Wildman–Crippen LogP) is 3.65. The number of likely N-dealkylation sites (tertiary alicyclic amines) is 1. The lowest BCUT2D eigenvalue weighted by molar-refractivity contribution is 0.180. The lowest BCUT2D eigenvalue weighted by atomic mass is 9.97. The first-order valence-electron chi connectivity index (χ1n) is 5.54. The van der Waals surface area contributed by atoms with Crippen LogP contribution in [-0.4, -0.2) is 24.5 Å². The molecule has 98 valence electrons. The van der Waals surface area contributed by atoms with Gasteiger partial charge < -0.3 is 5.73 Å². The summed E-state index contributed by atoms with van der Waals surface area (Å²) in [5.41, 5.74) is 6.83. The molecule has 0 atom stereocenters. The Balaban J connectivity index is 0.00000144. The van der Waals surface area contributed by atoms with Crippen molar-refractivity contribution in [2.45, 2.75) is 19.4 Å². The number of hydrogen-bond acceptors (Lipinski definition) is 3. The third-order valence-corrected chi connectivity index (χ3v) is 5.10. The lowest BCUT2D eigenvalue weighted by Gasteiger charge is -2.31. The van der Waals surface area contributed by atoms with Crippen LogP contribution in [0.15, 0.2) is 5.38 Å². The highest BCUT2D eigenvalue weighted by Gasteiger charge is 2.19. The molecule has 0 aromatic carbocycles. The minimum Gasteiger partial charge on any atom is -0.330 e. The first-order chi connectivity index (χ1) is 7.70. The van der Waals surface area contributed by atoms with Crippen LogP contribution in [0, 0.1) is 5.92 Å².